The Morgan fingerprint density at radius 1 is 0.679 bits per heavy atom. The van der Waals surface area contributed by atoms with E-state index in [4.69, 9.17) is 9.47 Å². The van der Waals surface area contributed by atoms with E-state index in [1.807, 2.05) is 0 Å². The fraction of sp³-hybridized carbons (Fsp3) is 0.545. The highest BCUT2D eigenvalue weighted by Crippen LogP contribution is 2.27. The third kappa shape index (κ3) is 4.32. The zero-order valence-corrected chi connectivity index (χ0v) is 16.1. The highest BCUT2D eigenvalue weighted by Gasteiger charge is 2.26. The highest BCUT2D eigenvalue weighted by atomic mass is 16.5. The molecule has 0 atom stereocenters. The fourth-order valence-electron chi connectivity index (χ4n) is 4.18. The van der Waals surface area contributed by atoms with E-state index in [0.29, 0.717) is 0 Å². The molecule has 4 rings (SSSR count). The molecule has 0 saturated heterocycles. The van der Waals surface area contributed by atoms with Crippen molar-refractivity contribution < 1.29 is 19.1 Å². The van der Waals surface area contributed by atoms with Crippen LogP contribution in [0.2, 0.25) is 0 Å². The van der Waals surface area contributed by atoms with Crippen LogP contribution in [0.25, 0.3) is 10.8 Å². The second kappa shape index (κ2) is 8.67. The molecule has 2 fully saturated rings. The Bertz CT molecular complexity index is 784. The summed E-state index contributed by atoms with van der Waals surface area (Å²) in [7, 11) is 0. The summed E-state index contributed by atoms with van der Waals surface area (Å²) in [5.74, 6) is -0.914. The van der Waals surface area contributed by atoms with Gasteiger partial charge in [0.25, 0.3) is 0 Å². The van der Waals surface area contributed by atoms with Crippen LogP contribution in [-0.4, -0.2) is 34.3 Å². The van der Waals surface area contributed by atoms with Crippen LogP contribution in [0.15, 0.2) is 24.5 Å². The summed E-state index contributed by atoms with van der Waals surface area (Å²) in [6.07, 6.45) is 13.2. The summed E-state index contributed by atoms with van der Waals surface area (Å²) >= 11 is 0. The largest absolute Gasteiger partial charge is 0.459 e. The molecule has 0 radical (unpaired) electrons. The number of ether oxygens (including phenoxy) is 2. The van der Waals surface area contributed by atoms with Gasteiger partial charge in [-0.1, -0.05) is 12.8 Å². The first-order valence-electron chi connectivity index (χ1n) is 10.4. The molecule has 0 amide bonds. The molecule has 148 valence electrons. The summed E-state index contributed by atoms with van der Waals surface area (Å²) in [5.41, 5.74) is 0.513. The number of esters is 2. The van der Waals surface area contributed by atoms with Gasteiger partial charge in [0.15, 0.2) is 0 Å². The molecule has 0 aliphatic heterocycles. The quantitative estimate of drug-likeness (QED) is 0.719. The van der Waals surface area contributed by atoms with Crippen LogP contribution in [0.3, 0.4) is 0 Å². The van der Waals surface area contributed by atoms with Crippen LogP contribution in [0, 0.1) is 0 Å². The van der Waals surface area contributed by atoms with Gasteiger partial charge < -0.3 is 9.47 Å². The lowest BCUT2D eigenvalue weighted by Crippen LogP contribution is -2.25. The molecule has 2 saturated carbocycles. The first kappa shape index (κ1) is 18.8. The number of carbonyl (C=O) groups is 2. The van der Waals surface area contributed by atoms with Crippen molar-refractivity contribution in [3.63, 3.8) is 0 Å². The average molecular weight is 382 g/mol. The van der Waals surface area contributed by atoms with E-state index in [9.17, 15) is 9.59 Å². The molecule has 1 aromatic carbocycles. The monoisotopic (exact) mass is 382 g/mol. The summed E-state index contributed by atoms with van der Waals surface area (Å²) in [5, 5.41) is 9.26. The van der Waals surface area contributed by atoms with E-state index in [-0.39, 0.29) is 23.3 Å². The van der Waals surface area contributed by atoms with Gasteiger partial charge in [0.05, 0.1) is 23.5 Å². The normalized spacial score (nSPS) is 18.7. The molecule has 0 unspecified atom stereocenters. The summed E-state index contributed by atoms with van der Waals surface area (Å²) in [6.45, 7) is 0. The van der Waals surface area contributed by atoms with Crippen molar-refractivity contribution in [2.24, 2.45) is 0 Å². The standard InChI is InChI=1S/C22H26N2O4/c25-21(27-17-7-3-1-4-8-17)19-11-15-13-23-24-14-16(15)12-20(19)22(26)28-18-9-5-2-6-10-18/h11-14,17-18H,1-10H2. The minimum atomic E-state index is -0.457. The van der Waals surface area contributed by atoms with E-state index in [2.05, 4.69) is 10.2 Å². The Kier molecular flexibility index (Phi) is 5.84. The van der Waals surface area contributed by atoms with E-state index in [0.717, 1.165) is 62.1 Å². The number of hydrogen-bond acceptors (Lipinski definition) is 6. The van der Waals surface area contributed by atoms with Gasteiger partial charge in [-0.25, -0.2) is 9.59 Å². The van der Waals surface area contributed by atoms with Gasteiger partial charge in [-0.05, 0) is 63.5 Å². The van der Waals surface area contributed by atoms with E-state index < -0.39 is 11.9 Å². The zero-order chi connectivity index (χ0) is 19.3. The maximum atomic E-state index is 12.9. The predicted octanol–water partition coefficient (Wildman–Crippen LogP) is 4.61. The maximum Gasteiger partial charge on any atom is 0.339 e. The van der Waals surface area contributed by atoms with Crippen molar-refractivity contribution in [3.05, 3.63) is 35.7 Å². The number of carbonyl (C=O) groups excluding carboxylic acids is 2. The smallest absolute Gasteiger partial charge is 0.339 e. The van der Waals surface area contributed by atoms with E-state index in [1.165, 1.54) is 12.8 Å². The topological polar surface area (TPSA) is 78.4 Å². The molecule has 6 nitrogen and oxygen atoms in total. The van der Waals surface area contributed by atoms with Crippen molar-refractivity contribution in [1.29, 1.82) is 0 Å². The number of aromatic nitrogens is 2. The SMILES string of the molecule is O=C(OC1CCCCC1)c1cc2cnncc2cc1C(=O)OC1CCCCC1. The second-order valence-electron chi connectivity index (χ2n) is 7.85. The fourth-order valence-corrected chi connectivity index (χ4v) is 4.18. The number of benzene rings is 1. The lowest BCUT2D eigenvalue weighted by atomic mass is 9.97. The van der Waals surface area contributed by atoms with Gasteiger partial charge in [-0.2, -0.15) is 10.2 Å². The molecule has 0 N–H and O–H groups in total. The van der Waals surface area contributed by atoms with Crippen molar-refractivity contribution in [1.82, 2.24) is 10.2 Å². The van der Waals surface area contributed by atoms with Crippen LogP contribution in [-0.2, 0) is 9.47 Å². The Morgan fingerprint density at radius 2 is 1.07 bits per heavy atom. The van der Waals surface area contributed by atoms with Gasteiger partial charge >= 0.3 is 11.9 Å². The average Bonchev–Trinajstić information content (AvgIpc) is 2.74. The molecule has 28 heavy (non-hydrogen) atoms. The van der Waals surface area contributed by atoms with Crippen LogP contribution in [0.4, 0.5) is 0 Å². The molecule has 2 aliphatic carbocycles. The molecule has 1 aromatic heterocycles. The Morgan fingerprint density at radius 3 is 1.46 bits per heavy atom. The first-order valence-corrected chi connectivity index (χ1v) is 10.4. The minimum absolute atomic E-state index is 0.0743. The van der Waals surface area contributed by atoms with E-state index >= 15 is 0 Å². The summed E-state index contributed by atoms with van der Waals surface area (Å²) < 4.78 is 11.4. The zero-order valence-electron chi connectivity index (χ0n) is 16.1. The lowest BCUT2D eigenvalue weighted by Gasteiger charge is -2.24. The molecule has 6 heteroatoms. The highest BCUT2D eigenvalue weighted by molar-refractivity contribution is 6.07. The molecular formula is C22H26N2O4. The van der Waals surface area contributed by atoms with Crippen molar-refractivity contribution in [2.75, 3.05) is 0 Å². The third-order valence-electron chi connectivity index (χ3n) is 5.78. The molecule has 2 aliphatic rings. The lowest BCUT2D eigenvalue weighted by molar-refractivity contribution is 0.0164. The van der Waals surface area contributed by atoms with Crippen LogP contribution in [0.1, 0.15) is 84.9 Å². The molecular weight excluding hydrogens is 356 g/mol. The van der Waals surface area contributed by atoms with Crippen molar-refractivity contribution >= 4 is 22.7 Å². The predicted molar refractivity (Wildman–Crippen MR) is 104 cm³/mol. The van der Waals surface area contributed by atoms with E-state index in [1.54, 1.807) is 24.5 Å². The first-order chi connectivity index (χ1) is 13.7. The van der Waals surface area contributed by atoms with Crippen LogP contribution in [0.5, 0.6) is 0 Å². The second-order valence-corrected chi connectivity index (χ2v) is 7.85. The Hall–Kier alpha value is -2.50. The van der Waals surface area contributed by atoms with Crippen molar-refractivity contribution in [3.8, 4) is 0 Å². The molecule has 0 bridgehead atoms. The summed E-state index contributed by atoms with van der Waals surface area (Å²) in [4.78, 5) is 25.8. The van der Waals surface area contributed by atoms with Gasteiger partial charge in [-0.3, -0.25) is 0 Å². The Balaban J connectivity index is 1.61. The Labute approximate surface area is 164 Å². The molecule has 1 heterocycles. The molecule has 0 spiro atoms. The summed E-state index contributed by atoms with van der Waals surface area (Å²) in [6, 6.07) is 3.35. The third-order valence-corrected chi connectivity index (χ3v) is 5.78. The van der Waals surface area contributed by atoms with Gasteiger partial charge in [-0.15, -0.1) is 0 Å². The maximum absolute atomic E-state index is 12.9. The van der Waals surface area contributed by atoms with Gasteiger partial charge in [0, 0.05) is 10.8 Å². The number of hydrogen-bond donors (Lipinski definition) is 0. The van der Waals surface area contributed by atoms with Gasteiger partial charge in [0.1, 0.15) is 12.2 Å². The number of fused-ring (bicyclic) bond motifs is 1. The number of nitrogens with zero attached hydrogens (tertiary/aromatic N) is 2. The van der Waals surface area contributed by atoms with Gasteiger partial charge in [0.2, 0.25) is 0 Å². The minimum Gasteiger partial charge on any atom is -0.459 e. The number of rotatable bonds is 4. The van der Waals surface area contributed by atoms with Crippen molar-refractivity contribution in [2.45, 2.75) is 76.4 Å². The van der Waals surface area contributed by atoms with Crippen LogP contribution < -0.4 is 0 Å². The molecule has 2 aromatic rings. The van der Waals surface area contributed by atoms with Crippen LogP contribution >= 0.6 is 0 Å².